The minimum atomic E-state index is 0.149. The lowest BCUT2D eigenvalue weighted by molar-refractivity contribution is -0.122. The van der Waals surface area contributed by atoms with E-state index in [1.54, 1.807) is 0 Å². The van der Waals surface area contributed by atoms with Gasteiger partial charge in [-0.3, -0.25) is 14.6 Å². The molecule has 2 heterocycles. The molecule has 0 aromatic heterocycles. The maximum absolute atomic E-state index is 11.9. The lowest BCUT2D eigenvalue weighted by Crippen LogP contribution is -2.49. The van der Waals surface area contributed by atoms with E-state index in [9.17, 15) is 4.79 Å². The minimum absolute atomic E-state index is 0.149. The minimum Gasteiger partial charge on any atom is -0.493 e. The first kappa shape index (κ1) is 17.2. The molecule has 5 heteroatoms. The third kappa shape index (κ3) is 4.71. The fourth-order valence-electron chi connectivity index (χ4n) is 3.28. The van der Waals surface area contributed by atoms with Crippen molar-refractivity contribution in [3.05, 3.63) is 29.3 Å². The van der Waals surface area contributed by atoms with E-state index in [2.05, 4.69) is 47.2 Å². The molecule has 0 radical (unpaired) electrons. The maximum atomic E-state index is 11.9. The summed E-state index contributed by atoms with van der Waals surface area (Å²) in [5, 5.41) is 3.00. The fraction of sp³-hybridized carbons (Fsp3) is 0.632. The number of benzene rings is 1. The fourth-order valence-corrected chi connectivity index (χ4v) is 3.28. The molecule has 1 aromatic carbocycles. The van der Waals surface area contributed by atoms with Crippen LogP contribution in [0.4, 0.5) is 0 Å². The van der Waals surface area contributed by atoms with Crippen molar-refractivity contribution in [1.82, 2.24) is 15.1 Å². The highest BCUT2D eigenvalue weighted by Gasteiger charge is 2.20. The summed E-state index contributed by atoms with van der Waals surface area (Å²) < 4.78 is 5.57. The molecule has 0 bridgehead atoms. The predicted octanol–water partition coefficient (Wildman–Crippen LogP) is 1.51. The van der Waals surface area contributed by atoms with Gasteiger partial charge in [0.25, 0.3) is 0 Å². The zero-order valence-electron chi connectivity index (χ0n) is 14.9. The number of nitrogens with zero attached hydrogens (tertiary/aromatic N) is 2. The van der Waals surface area contributed by atoms with Gasteiger partial charge in [0, 0.05) is 45.7 Å². The number of nitrogens with one attached hydrogen (secondary N) is 1. The van der Waals surface area contributed by atoms with Crippen molar-refractivity contribution in [3.63, 3.8) is 0 Å². The van der Waals surface area contributed by atoms with Crippen LogP contribution in [0.1, 0.15) is 25.0 Å². The van der Waals surface area contributed by atoms with Crippen molar-refractivity contribution >= 4 is 5.91 Å². The van der Waals surface area contributed by atoms with E-state index in [1.807, 2.05) is 0 Å². The summed E-state index contributed by atoms with van der Waals surface area (Å²) in [6.45, 7) is 11.3. The maximum Gasteiger partial charge on any atom is 0.234 e. The van der Waals surface area contributed by atoms with E-state index in [4.69, 9.17) is 4.74 Å². The summed E-state index contributed by atoms with van der Waals surface area (Å²) in [7, 11) is 0. The Morgan fingerprint density at radius 1 is 1.21 bits per heavy atom. The molecule has 3 rings (SSSR count). The molecule has 1 saturated heterocycles. The highest BCUT2D eigenvalue weighted by Crippen LogP contribution is 2.26. The average Bonchev–Trinajstić information content (AvgIpc) is 3.02. The van der Waals surface area contributed by atoms with Gasteiger partial charge in [-0.2, -0.15) is 0 Å². The van der Waals surface area contributed by atoms with Crippen LogP contribution in [0, 0.1) is 5.92 Å². The number of fused-ring (bicyclic) bond motifs is 1. The second-order valence-corrected chi connectivity index (χ2v) is 7.29. The molecule has 0 atom stereocenters. The Morgan fingerprint density at radius 2 is 1.96 bits per heavy atom. The van der Waals surface area contributed by atoms with Crippen LogP contribution in [0.5, 0.6) is 5.75 Å². The highest BCUT2D eigenvalue weighted by molar-refractivity contribution is 5.78. The monoisotopic (exact) mass is 331 g/mol. The number of carbonyl (C=O) groups excluding carboxylic acids is 1. The second kappa shape index (κ2) is 7.99. The van der Waals surface area contributed by atoms with Crippen LogP contribution in [-0.2, 0) is 17.8 Å². The molecule has 0 spiro atoms. The molecule has 5 nitrogen and oxygen atoms in total. The van der Waals surface area contributed by atoms with Crippen molar-refractivity contribution in [2.45, 2.75) is 26.8 Å². The molecular formula is C19H29N3O2. The van der Waals surface area contributed by atoms with Gasteiger partial charge in [0.2, 0.25) is 5.91 Å². The van der Waals surface area contributed by atoms with Gasteiger partial charge in [-0.15, -0.1) is 0 Å². The van der Waals surface area contributed by atoms with Crippen molar-refractivity contribution in [2.75, 3.05) is 45.9 Å². The predicted molar refractivity (Wildman–Crippen MR) is 95.2 cm³/mol. The summed E-state index contributed by atoms with van der Waals surface area (Å²) in [5.41, 5.74) is 2.70. The second-order valence-electron chi connectivity index (χ2n) is 7.29. The zero-order chi connectivity index (χ0) is 16.9. The smallest absolute Gasteiger partial charge is 0.234 e. The van der Waals surface area contributed by atoms with Crippen molar-refractivity contribution in [2.24, 2.45) is 5.92 Å². The first-order valence-corrected chi connectivity index (χ1v) is 9.06. The van der Waals surface area contributed by atoms with Gasteiger partial charge in [0.15, 0.2) is 0 Å². The van der Waals surface area contributed by atoms with E-state index >= 15 is 0 Å². The van der Waals surface area contributed by atoms with Gasteiger partial charge in [0.05, 0.1) is 13.2 Å². The molecule has 0 aliphatic carbocycles. The largest absolute Gasteiger partial charge is 0.493 e. The first-order chi connectivity index (χ1) is 11.6. The highest BCUT2D eigenvalue weighted by atomic mass is 16.5. The quantitative estimate of drug-likeness (QED) is 0.858. The number of piperazine rings is 1. The Morgan fingerprint density at radius 3 is 2.71 bits per heavy atom. The summed E-state index contributed by atoms with van der Waals surface area (Å²) in [5.74, 6) is 1.70. The summed E-state index contributed by atoms with van der Waals surface area (Å²) in [4.78, 5) is 16.6. The summed E-state index contributed by atoms with van der Waals surface area (Å²) >= 11 is 0. The first-order valence-electron chi connectivity index (χ1n) is 9.06. The van der Waals surface area contributed by atoms with Crippen LogP contribution < -0.4 is 10.1 Å². The molecule has 24 heavy (non-hydrogen) atoms. The van der Waals surface area contributed by atoms with Crippen LogP contribution in [0.3, 0.4) is 0 Å². The van der Waals surface area contributed by atoms with Gasteiger partial charge in [-0.05, 0) is 23.1 Å². The van der Waals surface area contributed by atoms with E-state index < -0.39 is 0 Å². The topological polar surface area (TPSA) is 44.8 Å². The summed E-state index contributed by atoms with van der Waals surface area (Å²) in [6, 6.07) is 6.57. The lowest BCUT2D eigenvalue weighted by atomic mass is 10.1. The van der Waals surface area contributed by atoms with Gasteiger partial charge >= 0.3 is 0 Å². The van der Waals surface area contributed by atoms with Crippen molar-refractivity contribution < 1.29 is 9.53 Å². The number of hydrogen-bond donors (Lipinski definition) is 1. The van der Waals surface area contributed by atoms with Crippen LogP contribution in [-0.4, -0.2) is 61.6 Å². The van der Waals surface area contributed by atoms with Crippen LogP contribution in [0.2, 0.25) is 0 Å². The summed E-state index contributed by atoms with van der Waals surface area (Å²) in [6.07, 6.45) is 1.03. The molecule has 1 amide bonds. The Balaban J connectivity index is 1.41. The molecule has 2 aliphatic rings. The van der Waals surface area contributed by atoms with E-state index in [1.165, 1.54) is 11.1 Å². The zero-order valence-corrected chi connectivity index (χ0v) is 14.9. The molecule has 1 fully saturated rings. The van der Waals surface area contributed by atoms with Crippen LogP contribution in [0.25, 0.3) is 0 Å². The van der Waals surface area contributed by atoms with Crippen LogP contribution >= 0.6 is 0 Å². The standard InChI is InChI=1S/C19H29N3O2/c1-15(2)12-20-19(23)14-22-8-6-21(7-9-22)13-16-3-4-18-17(11-16)5-10-24-18/h3-4,11,15H,5-10,12-14H2,1-2H3,(H,20,23). The normalized spacial score (nSPS) is 18.5. The number of rotatable bonds is 6. The Bertz CT molecular complexity index is 566. The van der Waals surface area contributed by atoms with E-state index in [-0.39, 0.29) is 5.91 Å². The number of carbonyl (C=O) groups is 1. The Labute approximate surface area is 145 Å². The van der Waals surface area contributed by atoms with Crippen molar-refractivity contribution in [3.8, 4) is 5.75 Å². The third-order valence-corrected chi connectivity index (χ3v) is 4.70. The van der Waals surface area contributed by atoms with E-state index in [0.717, 1.165) is 58.0 Å². The molecule has 1 aromatic rings. The molecule has 132 valence electrons. The SMILES string of the molecule is CC(C)CNC(=O)CN1CCN(Cc2ccc3c(c2)CCO3)CC1. The Hall–Kier alpha value is -1.59. The van der Waals surface area contributed by atoms with Gasteiger partial charge in [0.1, 0.15) is 5.75 Å². The van der Waals surface area contributed by atoms with Gasteiger partial charge in [-0.1, -0.05) is 26.0 Å². The third-order valence-electron chi connectivity index (χ3n) is 4.70. The number of hydrogen-bond acceptors (Lipinski definition) is 4. The molecular weight excluding hydrogens is 302 g/mol. The van der Waals surface area contributed by atoms with Crippen LogP contribution in [0.15, 0.2) is 18.2 Å². The Kier molecular flexibility index (Phi) is 5.74. The van der Waals surface area contributed by atoms with E-state index in [0.29, 0.717) is 12.5 Å². The average molecular weight is 331 g/mol. The number of ether oxygens (including phenoxy) is 1. The molecule has 0 unspecified atom stereocenters. The van der Waals surface area contributed by atoms with Gasteiger partial charge in [-0.25, -0.2) is 0 Å². The molecule has 0 saturated carbocycles. The molecule has 2 aliphatic heterocycles. The van der Waals surface area contributed by atoms with Crippen molar-refractivity contribution in [1.29, 1.82) is 0 Å². The van der Waals surface area contributed by atoms with Gasteiger partial charge < -0.3 is 10.1 Å². The molecule has 1 N–H and O–H groups in total. The lowest BCUT2D eigenvalue weighted by Gasteiger charge is -2.34. The number of amides is 1.